The Morgan fingerprint density at radius 2 is 1.97 bits per heavy atom. The molecule has 4 fully saturated rings. The quantitative estimate of drug-likeness (QED) is 0.745. The van der Waals surface area contributed by atoms with Gasteiger partial charge in [-0.05, 0) is 79.4 Å². The van der Waals surface area contributed by atoms with E-state index >= 15 is 0 Å². The molecule has 1 aromatic rings. The van der Waals surface area contributed by atoms with Crippen LogP contribution >= 0.6 is 11.3 Å². The molecule has 0 aromatic carbocycles. The summed E-state index contributed by atoms with van der Waals surface area (Å²) < 4.78 is 0. The van der Waals surface area contributed by atoms with Crippen LogP contribution in [0.1, 0.15) is 65.2 Å². The molecule has 3 saturated carbocycles. The minimum atomic E-state index is -0.390. The maximum atomic E-state index is 12.4. The Balaban J connectivity index is 1.37. The van der Waals surface area contributed by atoms with Crippen molar-refractivity contribution >= 4 is 28.4 Å². The van der Waals surface area contributed by atoms with Gasteiger partial charge in [-0.2, -0.15) is 0 Å². The molecule has 4 aliphatic rings. The Kier molecular flexibility index (Phi) is 5.11. The van der Waals surface area contributed by atoms with E-state index in [2.05, 4.69) is 23.7 Å². The summed E-state index contributed by atoms with van der Waals surface area (Å²) in [6.45, 7) is 5.64. The van der Waals surface area contributed by atoms with Gasteiger partial charge in [-0.15, -0.1) is 11.3 Å². The van der Waals surface area contributed by atoms with Gasteiger partial charge in [0.25, 0.3) is 0 Å². The second-order valence-electron chi connectivity index (χ2n) is 11.1. The molecule has 0 spiro atoms. The predicted octanol–water partition coefficient (Wildman–Crippen LogP) is 4.51. The maximum absolute atomic E-state index is 12.4. The highest BCUT2D eigenvalue weighted by Gasteiger charge is 2.61. The lowest BCUT2D eigenvalue weighted by Crippen LogP contribution is -2.61. The number of carbonyl (C=O) groups is 2. The first-order valence-corrected chi connectivity index (χ1v) is 12.9. The third kappa shape index (κ3) is 3.13. The molecule has 0 unspecified atom stereocenters. The Morgan fingerprint density at radius 3 is 2.68 bits per heavy atom. The van der Waals surface area contributed by atoms with E-state index in [-0.39, 0.29) is 10.8 Å². The lowest BCUT2D eigenvalue weighted by atomic mass is 9.47. The molecule has 2 heterocycles. The van der Waals surface area contributed by atoms with E-state index in [0.717, 1.165) is 30.3 Å². The molecule has 0 radical (unpaired) electrons. The average Bonchev–Trinajstić information content (AvgIpc) is 3.37. The highest BCUT2D eigenvalue weighted by molar-refractivity contribution is 7.13. The molecule has 3 aliphatic carbocycles. The molecule has 0 bridgehead atoms. The van der Waals surface area contributed by atoms with Gasteiger partial charge in [0.05, 0.1) is 0 Å². The van der Waals surface area contributed by atoms with Gasteiger partial charge >= 0.3 is 6.03 Å². The number of carbonyl (C=O) groups excluding carboxylic acids is 2. The van der Waals surface area contributed by atoms with Crippen molar-refractivity contribution in [1.82, 2.24) is 9.88 Å². The monoisotopic (exact) mass is 444 g/mol. The van der Waals surface area contributed by atoms with E-state index in [1.54, 1.807) is 11.1 Å². The molecule has 170 valence electrons. The fourth-order valence-electron chi connectivity index (χ4n) is 8.39. The number of hydrogen-bond acceptors (Lipinski definition) is 4. The lowest BCUT2D eigenvalue weighted by molar-refractivity contribution is -0.158. The van der Waals surface area contributed by atoms with Crippen LogP contribution in [0, 0.1) is 34.5 Å². The Morgan fingerprint density at radius 1 is 1.19 bits per heavy atom. The van der Waals surface area contributed by atoms with Crippen LogP contribution in [0.25, 0.3) is 0 Å². The van der Waals surface area contributed by atoms with Crippen LogP contribution in [0.4, 0.5) is 9.93 Å². The van der Waals surface area contributed by atoms with E-state index in [1.165, 1.54) is 37.0 Å². The van der Waals surface area contributed by atoms with Crippen molar-refractivity contribution in [2.24, 2.45) is 40.2 Å². The molecular formula is C24H36N4O2S. The first-order chi connectivity index (χ1) is 14.8. The number of rotatable bonds is 3. The number of piperidine rings is 1. The molecule has 7 atom stereocenters. The van der Waals surface area contributed by atoms with E-state index in [1.807, 2.05) is 12.4 Å². The smallest absolute Gasteiger partial charge is 0.321 e. The highest BCUT2D eigenvalue weighted by atomic mass is 32.1. The number of thiazole rings is 1. The number of anilines is 1. The topological polar surface area (TPSA) is 79.5 Å². The van der Waals surface area contributed by atoms with Gasteiger partial charge in [-0.1, -0.05) is 13.8 Å². The highest BCUT2D eigenvalue weighted by Crippen LogP contribution is 2.66. The molecule has 3 amide bonds. The van der Waals surface area contributed by atoms with Crippen LogP contribution < -0.4 is 10.6 Å². The predicted molar refractivity (Wildman–Crippen MR) is 123 cm³/mol. The summed E-state index contributed by atoms with van der Waals surface area (Å²) in [5, 5.41) is 2.62. The molecule has 1 saturated heterocycles. The molecule has 1 aliphatic heterocycles. The Hall–Kier alpha value is -1.63. The van der Waals surface area contributed by atoms with Crippen LogP contribution in [0.15, 0.2) is 11.6 Å². The molecule has 7 heteroatoms. The van der Waals surface area contributed by atoms with E-state index in [9.17, 15) is 9.59 Å². The summed E-state index contributed by atoms with van der Waals surface area (Å²) in [6.07, 6.45) is 10.8. The van der Waals surface area contributed by atoms with Crippen molar-refractivity contribution in [1.29, 1.82) is 0 Å². The van der Waals surface area contributed by atoms with Crippen molar-refractivity contribution in [3.05, 3.63) is 11.6 Å². The van der Waals surface area contributed by atoms with Crippen molar-refractivity contribution < 1.29 is 9.59 Å². The van der Waals surface area contributed by atoms with Crippen LogP contribution in [0.2, 0.25) is 0 Å². The van der Waals surface area contributed by atoms with Crippen molar-refractivity contribution in [3.63, 3.8) is 0 Å². The second kappa shape index (κ2) is 7.46. The molecule has 2 N–H and O–H groups in total. The Bertz CT molecular complexity index is 860. The normalized spacial score (nSPS) is 42.0. The van der Waals surface area contributed by atoms with Crippen LogP contribution in [-0.2, 0) is 4.79 Å². The first kappa shape index (κ1) is 21.2. The molecule has 31 heavy (non-hydrogen) atoms. The fourth-order valence-corrected chi connectivity index (χ4v) is 9.05. The van der Waals surface area contributed by atoms with Crippen LogP contribution in [-0.4, -0.2) is 41.5 Å². The average molecular weight is 445 g/mol. The van der Waals surface area contributed by atoms with Gasteiger partial charge < -0.3 is 10.6 Å². The van der Waals surface area contributed by atoms with Crippen molar-refractivity contribution in [3.8, 4) is 0 Å². The van der Waals surface area contributed by atoms with E-state index in [0.29, 0.717) is 42.7 Å². The lowest BCUT2D eigenvalue weighted by Gasteiger charge is -2.62. The van der Waals surface area contributed by atoms with E-state index < -0.39 is 6.03 Å². The van der Waals surface area contributed by atoms with Gasteiger partial charge in [0.1, 0.15) is 0 Å². The van der Waals surface area contributed by atoms with Gasteiger partial charge in [-0.25, -0.2) is 9.78 Å². The van der Waals surface area contributed by atoms with Gasteiger partial charge in [-0.3, -0.25) is 9.69 Å². The zero-order valence-electron chi connectivity index (χ0n) is 19.0. The van der Waals surface area contributed by atoms with Gasteiger partial charge in [0.15, 0.2) is 5.13 Å². The largest absolute Gasteiger partial charge is 0.351 e. The number of aromatic nitrogens is 1. The van der Waals surface area contributed by atoms with Gasteiger partial charge in [0, 0.05) is 37.6 Å². The third-order valence-electron chi connectivity index (χ3n) is 10.1. The van der Waals surface area contributed by atoms with Crippen molar-refractivity contribution in [2.75, 3.05) is 18.5 Å². The number of hydrogen-bond donors (Lipinski definition) is 1. The number of likely N-dealkylation sites (tertiary alicyclic amines) is 1. The minimum Gasteiger partial charge on any atom is -0.351 e. The van der Waals surface area contributed by atoms with Crippen molar-refractivity contribution in [2.45, 2.75) is 71.3 Å². The zero-order chi connectivity index (χ0) is 22.0. The van der Waals surface area contributed by atoms with Crippen LogP contribution in [0.3, 0.4) is 0 Å². The molecule has 1 aromatic heterocycles. The SMILES string of the molecule is CN1C(=O)CC[C@]2(C)[C@H]3CC[C@]4(C)[C@@H](CN(C(N)=O)c5nccs5)CC[C@H]4[C@@H]3CC[C@@H]12. The summed E-state index contributed by atoms with van der Waals surface area (Å²) in [6, 6.07) is 0.0189. The molecular weight excluding hydrogens is 408 g/mol. The number of nitrogens with two attached hydrogens (primary N) is 1. The van der Waals surface area contributed by atoms with Gasteiger partial charge in [0.2, 0.25) is 5.91 Å². The standard InChI is InChI=1S/C24H36N4O2S/c1-23-10-8-18-16(5-7-19-24(18,2)11-9-20(29)27(19)3)17(23)6-4-15(23)14-28(21(25)30)22-26-12-13-31-22/h12-13,15-19H,4-11,14H2,1-3H3,(H2,25,30)/t15-,16+,17+,18+,19-,23-,24-/m1/s1. The Labute approximate surface area is 189 Å². The number of primary amides is 1. The summed E-state index contributed by atoms with van der Waals surface area (Å²) in [7, 11) is 2.03. The number of urea groups is 1. The maximum Gasteiger partial charge on any atom is 0.321 e. The first-order valence-electron chi connectivity index (χ1n) is 12.0. The summed E-state index contributed by atoms with van der Waals surface area (Å²) >= 11 is 1.48. The van der Waals surface area contributed by atoms with Crippen LogP contribution in [0.5, 0.6) is 0 Å². The minimum absolute atomic E-state index is 0.255. The molecule has 6 nitrogen and oxygen atoms in total. The second-order valence-corrected chi connectivity index (χ2v) is 11.9. The summed E-state index contributed by atoms with van der Waals surface area (Å²) in [5.74, 6) is 2.97. The summed E-state index contributed by atoms with van der Waals surface area (Å²) in [5.41, 5.74) is 6.27. The molecule has 5 rings (SSSR count). The number of amides is 3. The fraction of sp³-hybridized carbons (Fsp3) is 0.792. The number of nitrogens with zero attached hydrogens (tertiary/aromatic N) is 3. The van der Waals surface area contributed by atoms with E-state index in [4.69, 9.17) is 5.73 Å². The third-order valence-corrected chi connectivity index (χ3v) is 10.9. The summed E-state index contributed by atoms with van der Waals surface area (Å²) in [4.78, 5) is 32.7. The zero-order valence-corrected chi connectivity index (χ0v) is 19.9. The number of fused-ring (bicyclic) bond motifs is 5.